The van der Waals surface area contributed by atoms with Crippen LogP contribution in [-0.2, 0) is 4.79 Å². The summed E-state index contributed by atoms with van der Waals surface area (Å²) >= 11 is 3.36. The first-order valence-corrected chi connectivity index (χ1v) is 7.94. The van der Waals surface area contributed by atoms with Crippen molar-refractivity contribution in [2.75, 3.05) is 32.1 Å². The monoisotopic (exact) mass is 380 g/mol. The maximum absolute atomic E-state index is 13.1. The fourth-order valence-corrected chi connectivity index (χ4v) is 2.21. The van der Waals surface area contributed by atoms with E-state index in [2.05, 4.69) is 21.2 Å². The second-order valence-electron chi connectivity index (χ2n) is 5.10. The molecule has 0 heterocycles. The summed E-state index contributed by atoms with van der Waals surface area (Å²) < 4.78 is 19.7. The van der Waals surface area contributed by atoms with Gasteiger partial charge in [-0.1, -0.05) is 22.0 Å². The summed E-state index contributed by atoms with van der Waals surface area (Å²) in [5.41, 5.74) is 0.453. The molecule has 0 atom stereocenters. The van der Waals surface area contributed by atoms with E-state index in [1.165, 1.54) is 12.1 Å². The molecule has 0 aromatic heterocycles. The number of hydrogen-bond acceptors (Lipinski definition) is 3. The predicted molar refractivity (Wildman–Crippen MR) is 92.2 cm³/mol. The van der Waals surface area contributed by atoms with Crippen LogP contribution in [-0.4, -0.2) is 37.6 Å². The van der Waals surface area contributed by atoms with Gasteiger partial charge in [0, 0.05) is 16.7 Å². The van der Waals surface area contributed by atoms with Crippen LogP contribution in [0.5, 0.6) is 5.75 Å². The zero-order valence-corrected chi connectivity index (χ0v) is 14.3. The van der Waals surface area contributed by atoms with Crippen LogP contribution in [0.2, 0.25) is 0 Å². The van der Waals surface area contributed by atoms with Crippen LogP contribution in [0.1, 0.15) is 0 Å². The number of nitrogens with zero attached hydrogens (tertiary/aromatic N) is 1. The molecule has 0 saturated heterocycles. The molecule has 0 spiro atoms. The van der Waals surface area contributed by atoms with Crippen molar-refractivity contribution < 1.29 is 13.9 Å². The van der Waals surface area contributed by atoms with Crippen LogP contribution in [0.3, 0.4) is 0 Å². The van der Waals surface area contributed by atoms with Crippen LogP contribution >= 0.6 is 15.9 Å². The number of hydrogen-bond donors (Lipinski definition) is 1. The average molecular weight is 381 g/mol. The summed E-state index contributed by atoms with van der Waals surface area (Å²) in [7, 11) is 1.83. The number of likely N-dealkylation sites (N-methyl/N-ethyl adjacent to an activating group) is 1. The third-order valence-corrected chi connectivity index (χ3v) is 3.61. The lowest BCUT2D eigenvalue weighted by molar-refractivity contribution is -0.117. The number of nitrogens with one attached hydrogen (secondary N) is 1. The number of rotatable bonds is 7. The molecule has 0 aliphatic carbocycles. The Hall–Kier alpha value is -1.92. The van der Waals surface area contributed by atoms with Gasteiger partial charge in [-0.25, -0.2) is 4.39 Å². The van der Waals surface area contributed by atoms with Crippen LogP contribution in [0, 0.1) is 5.82 Å². The van der Waals surface area contributed by atoms with Crippen LogP contribution in [0.25, 0.3) is 0 Å². The summed E-state index contributed by atoms with van der Waals surface area (Å²) in [5.74, 6) is 0.214. The average Bonchev–Trinajstić information content (AvgIpc) is 2.49. The van der Waals surface area contributed by atoms with E-state index in [1.807, 2.05) is 36.2 Å². The Labute approximate surface area is 143 Å². The maximum atomic E-state index is 13.1. The third kappa shape index (κ3) is 6.38. The number of anilines is 1. The van der Waals surface area contributed by atoms with E-state index in [1.54, 1.807) is 12.1 Å². The molecule has 1 N–H and O–H groups in total. The number of halogens is 2. The molecule has 6 heteroatoms. The Morgan fingerprint density at radius 3 is 2.70 bits per heavy atom. The van der Waals surface area contributed by atoms with Crippen molar-refractivity contribution in [1.29, 1.82) is 0 Å². The summed E-state index contributed by atoms with van der Waals surface area (Å²) in [4.78, 5) is 13.7. The quantitative estimate of drug-likeness (QED) is 0.798. The summed E-state index contributed by atoms with van der Waals surface area (Å²) in [6.07, 6.45) is 0. The first-order valence-electron chi connectivity index (χ1n) is 7.15. The van der Waals surface area contributed by atoms with E-state index in [4.69, 9.17) is 4.74 Å². The van der Waals surface area contributed by atoms with Gasteiger partial charge in [0.15, 0.2) is 0 Å². The van der Waals surface area contributed by atoms with Gasteiger partial charge in [-0.05, 0) is 49.5 Å². The highest BCUT2D eigenvalue weighted by molar-refractivity contribution is 9.10. The zero-order chi connectivity index (χ0) is 16.7. The minimum Gasteiger partial charge on any atom is -0.492 e. The van der Waals surface area contributed by atoms with Crippen molar-refractivity contribution in [3.8, 4) is 5.75 Å². The van der Waals surface area contributed by atoms with E-state index in [9.17, 15) is 9.18 Å². The van der Waals surface area contributed by atoms with Crippen molar-refractivity contribution in [2.45, 2.75) is 0 Å². The smallest absolute Gasteiger partial charge is 0.238 e. The standard InChI is InChI=1S/C17H18BrFN2O2/c1-21(9-10-23-16-7-5-13(18)6-8-16)12-17(22)20-15-4-2-3-14(19)11-15/h2-8,11H,9-10,12H2,1H3,(H,20,22). The normalized spacial score (nSPS) is 10.6. The first kappa shape index (κ1) is 17.4. The van der Waals surface area contributed by atoms with E-state index in [0.717, 1.165) is 10.2 Å². The molecule has 23 heavy (non-hydrogen) atoms. The molecule has 1 amide bonds. The molecule has 0 radical (unpaired) electrons. The second-order valence-corrected chi connectivity index (χ2v) is 6.01. The van der Waals surface area contributed by atoms with Gasteiger partial charge in [0.2, 0.25) is 5.91 Å². The van der Waals surface area contributed by atoms with Crippen molar-refractivity contribution in [3.05, 3.63) is 58.8 Å². The molecule has 0 saturated carbocycles. The van der Waals surface area contributed by atoms with Crippen molar-refractivity contribution in [3.63, 3.8) is 0 Å². The number of carbonyl (C=O) groups excluding carboxylic acids is 1. The van der Waals surface area contributed by atoms with Gasteiger partial charge in [0.25, 0.3) is 0 Å². The van der Waals surface area contributed by atoms with E-state index < -0.39 is 0 Å². The Kier molecular flexibility index (Phi) is 6.55. The van der Waals surface area contributed by atoms with Crippen molar-refractivity contribution in [2.24, 2.45) is 0 Å². The Morgan fingerprint density at radius 1 is 1.26 bits per heavy atom. The minimum atomic E-state index is -0.376. The van der Waals surface area contributed by atoms with Crippen molar-refractivity contribution in [1.82, 2.24) is 4.90 Å². The van der Waals surface area contributed by atoms with Gasteiger partial charge < -0.3 is 10.1 Å². The lowest BCUT2D eigenvalue weighted by Gasteiger charge is -2.16. The largest absolute Gasteiger partial charge is 0.492 e. The maximum Gasteiger partial charge on any atom is 0.238 e. The molecule has 4 nitrogen and oxygen atoms in total. The van der Waals surface area contributed by atoms with Gasteiger partial charge in [-0.3, -0.25) is 9.69 Å². The molecule has 122 valence electrons. The lowest BCUT2D eigenvalue weighted by Crippen LogP contribution is -2.33. The summed E-state index contributed by atoms with van der Waals surface area (Å²) in [6.45, 7) is 1.29. The molecule has 2 aromatic carbocycles. The van der Waals surface area contributed by atoms with Gasteiger partial charge >= 0.3 is 0 Å². The number of carbonyl (C=O) groups is 1. The highest BCUT2D eigenvalue weighted by Gasteiger charge is 2.07. The molecule has 0 aliphatic rings. The molecule has 0 bridgehead atoms. The zero-order valence-electron chi connectivity index (χ0n) is 12.8. The highest BCUT2D eigenvalue weighted by Crippen LogP contribution is 2.15. The Bertz CT molecular complexity index is 649. The second kappa shape index (κ2) is 8.64. The molecule has 0 fully saturated rings. The SMILES string of the molecule is CN(CCOc1ccc(Br)cc1)CC(=O)Nc1cccc(F)c1. The Morgan fingerprint density at radius 2 is 2.00 bits per heavy atom. The molecule has 0 aliphatic heterocycles. The van der Waals surface area contributed by atoms with E-state index in [-0.39, 0.29) is 18.3 Å². The molecule has 0 unspecified atom stereocenters. The number of amides is 1. The fourth-order valence-electron chi connectivity index (χ4n) is 1.94. The summed E-state index contributed by atoms with van der Waals surface area (Å²) in [5, 5.41) is 2.66. The van der Waals surface area contributed by atoms with Gasteiger partial charge in [0.05, 0.1) is 6.54 Å². The first-order chi connectivity index (χ1) is 11.0. The van der Waals surface area contributed by atoms with E-state index >= 15 is 0 Å². The molecule has 2 aromatic rings. The van der Waals surface area contributed by atoms with Crippen LogP contribution < -0.4 is 10.1 Å². The summed E-state index contributed by atoms with van der Waals surface area (Å²) in [6, 6.07) is 13.4. The Balaban J connectivity index is 1.70. The predicted octanol–water partition coefficient (Wildman–Crippen LogP) is 3.54. The van der Waals surface area contributed by atoms with Gasteiger partial charge in [-0.15, -0.1) is 0 Å². The number of ether oxygens (including phenoxy) is 1. The highest BCUT2D eigenvalue weighted by atomic mass is 79.9. The van der Waals surface area contributed by atoms with Gasteiger partial charge in [-0.2, -0.15) is 0 Å². The topological polar surface area (TPSA) is 41.6 Å². The lowest BCUT2D eigenvalue weighted by atomic mass is 10.3. The fraction of sp³-hybridized carbons (Fsp3) is 0.235. The van der Waals surface area contributed by atoms with Crippen molar-refractivity contribution >= 4 is 27.5 Å². The minimum absolute atomic E-state index is 0.193. The van der Waals surface area contributed by atoms with Crippen LogP contribution in [0.15, 0.2) is 53.0 Å². The number of benzene rings is 2. The third-order valence-electron chi connectivity index (χ3n) is 3.08. The molecular formula is C17H18BrFN2O2. The van der Waals surface area contributed by atoms with Gasteiger partial charge in [0.1, 0.15) is 18.2 Å². The van der Waals surface area contributed by atoms with E-state index in [0.29, 0.717) is 18.8 Å². The molecular weight excluding hydrogens is 363 g/mol. The molecule has 2 rings (SSSR count). The van der Waals surface area contributed by atoms with Crippen LogP contribution in [0.4, 0.5) is 10.1 Å².